The smallest absolute Gasteiger partial charge is 0.410 e. The monoisotopic (exact) mass is 480 g/mol. The molecule has 2 rings (SSSR count). The van der Waals surface area contributed by atoms with E-state index in [2.05, 4.69) is 0 Å². The first-order valence-electron chi connectivity index (χ1n) is 11.8. The molecule has 0 saturated carbocycles. The van der Waals surface area contributed by atoms with E-state index in [1.54, 1.807) is 58.1 Å². The van der Waals surface area contributed by atoms with Crippen molar-refractivity contribution in [3.63, 3.8) is 0 Å². The second-order valence-corrected chi connectivity index (χ2v) is 9.71. The number of nitrogens with zero attached hydrogens (tertiary/aromatic N) is 2. The lowest BCUT2D eigenvalue weighted by atomic mass is 10.1. The van der Waals surface area contributed by atoms with Crippen molar-refractivity contribution < 1.29 is 33.6 Å². The summed E-state index contributed by atoms with van der Waals surface area (Å²) in [5, 5.41) is 10.6. The van der Waals surface area contributed by atoms with Gasteiger partial charge in [0.25, 0.3) is 5.91 Å². The lowest BCUT2D eigenvalue weighted by Crippen LogP contribution is -2.51. The molecule has 192 valence electrons. The highest BCUT2D eigenvalue weighted by Crippen LogP contribution is 2.30. The summed E-state index contributed by atoms with van der Waals surface area (Å²) >= 11 is 0. The molecule has 0 radical (unpaired) electrons. The fourth-order valence-electron chi connectivity index (χ4n) is 3.81. The summed E-state index contributed by atoms with van der Waals surface area (Å²) in [4.78, 5) is 29.4. The average molecular weight is 481 g/mol. The van der Waals surface area contributed by atoms with Crippen LogP contribution < -0.4 is 9.47 Å². The molecule has 1 unspecified atom stereocenters. The van der Waals surface area contributed by atoms with Crippen molar-refractivity contribution >= 4 is 12.0 Å². The minimum Gasteiger partial charge on any atom is -0.493 e. The number of aliphatic hydroxyl groups is 1. The van der Waals surface area contributed by atoms with Gasteiger partial charge in [0.05, 0.1) is 25.9 Å². The zero-order valence-corrected chi connectivity index (χ0v) is 21.5. The van der Waals surface area contributed by atoms with Crippen LogP contribution in [0.1, 0.15) is 57.8 Å². The van der Waals surface area contributed by atoms with Gasteiger partial charge in [0, 0.05) is 44.8 Å². The number of carbonyl (C=O) groups excluding carboxylic acids is 2. The summed E-state index contributed by atoms with van der Waals surface area (Å²) in [6, 6.07) is 4.35. The van der Waals surface area contributed by atoms with Crippen LogP contribution in [0.25, 0.3) is 0 Å². The van der Waals surface area contributed by atoms with Gasteiger partial charge in [-0.2, -0.15) is 0 Å². The molecule has 1 fully saturated rings. The normalized spacial score (nSPS) is 18.2. The summed E-state index contributed by atoms with van der Waals surface area (Å²) < 4.78 is 21.8. The molecule has 9 heteroatoms. The van der Waals surface area contributed by atoms with E-state index < -0.39 is 23.8 Å². The van der Waals surface area contributed by atoms with Crippen molar-refractivity contribution in [3.8, 4) is 11.5 Å². The lowest BCUT2D eigenvalue weighted by molar-refractivity contribution is 0.00838. The van der Waals surface area contributed by atoms with Gasteiger partial charge in [-0.1, -0.05) is 0 Å². The number of ether oxygens (including phenoxy) is 4. The van der Waals surface area contributed by atoms with Gasteiger partial charge in [0.2, 0.25) is 0 Å². The summed E-state index contributed by atoms with van der Waals surface area (Å²) in [6.07, 6.45) is -0.0827. The Hall–Kier alpha value is -2.52. The second kappa shape index (κ2) is 12.3. The fraction of sp³-hybridized carbons (Fsp3) is 0.680. The highest BCUT2D eigenvalue weighted by molar-refractivity contribution is 5.95. The van der Waals surface area contributed by atoms with Gasteiger partial charge in [-0.05, 0) is 59.2 Å². The number of methoxy groups -OCH3 is 2. The zero-order chi connectivity index (χ0) is 25.5. The first-order valence-corrected chi connectivity index (χ1v) is 11.8. The van der Waals surface area contributed by atoms with Crippen LogP contribution in [-0.4, -0.2) is 91.2 Å². The second-order valence-electron chi connectivity index (χ2n) is 9.71. The van der Waals surface area contributed by atoms with E-state index in [1.165, 1.54) is 4.90 Å². The van der Waals surface area contributed by atoms with Crippen LogP contribution in [0.4, 0.5) is 4.79 Å². The maximum Gasteiger partial charge on any atom is 0.410 e. The van der Waals surface area contributed by atoms with Crippen LogP contribution in [-0.2, 0) is 9.47 Å². The molecule has 1 saturated heterocycles. The molecular formula is C25H40N2O7. The Labute approximate surface area is 202 Å². The number of amides is 2. The molecule has 2 atom stereocenters. The van der Waals surface area contributed by atoms with E-state index in [0.29, 0.717) is 49.7 Å². The standard InChI is InChI=1S/C25H40N2O7/c1-17(2)27(16-19-20(28)11-12-26(19)24(30)34-25(3,4)5)23(29)18-9-10-21(32-7)22(15-18)33-14-8-13-31-6/h9-10,15,17,19-20,28H,8,11-14,16H2,1-7H3/t19?,20-/m0/s1. The molecule has 34 heavy (non-hydrogen) atoms. The highest BCUT2D eigenvalue weighted by atomic mass is 16.6. The number of aliphatic hydroxyl groups excluding tert-OH is 1. The first-order chi connectivity index (χ1) is 16.0. The van der Waals surface area contributed by atoms with Gasteiger partial charge in [-0.3, -0.25) is 4.79 Å². The Kier molecular flexibility index (Phi) is 10.00. The van der Waals surface area contributed by atoms with Gasteiger partial charge >= 0.3 is 6.09 Å². The third kappa shape index (κ3) is 7.50. The largest absolute Gasteiger partial charge is 0.493 e. The topological polar surface area (TPSA) is 97.8 Å². The predicted molar refractivity (Wildman–Crippen MR) is 129 cm³/mol. The van der Waals surface area contributed by atoms with Crippen molar-refractivity contribution in [2.75, 3.05) is 40.5 Å². The number of hydrogen-bond acceptors (Lipinski definition) is 7. The van der Waals surface area contributed by atoms with Gasteiger partial charge in [-0.15, -0.1) is 0 Å². The molecule has 0 spiro atoms. The quantitative estimate of drug-likeness (QED) is 0.513. The number of hydrogen-bond donors (Lipinski definition) is 1. The Morgan fingerprint density at radius 3 is 2.47 bits per heavy atom. The molecule has 0 aromatic heterocycles. The Morgan fingerprint density at radius 1 is 1.18 bits per heavy atom. The van der Waals surface area contributed by atoms with Crippen molar-refractivity contribution in [2.45, 2.75) is 71.2 Å². The molecule has 1 aromatic carbocycles. The molecule has 1 aliphatic rings. The predicted octanol–water partition coefficient (Wildman–Crippen LogP) is 3.33. The number of carbonyl (C=O) groups is 2. The number of benzene rings is 1. The Bertz CT molecular complexity index is 822. The van der Waals surface area contributed by atoms with E-state index >= 15 is 0 Å². The Morgan fingerprint density at radius 2 is 1.88 bits per heavy atom. The van der Waals surface area contributed by atoms with Crippen molar-refractivity contribution in [1.29, 1.82) is 0 Å². The molecule has 1 heterocycles. The molecule has 2 amide bonds. The third-order valence-corrected chi connectivity index (χ3v) is 5.57. The summed E-state index contributed by atoms with van der Waals surface area (Å²) in [5.74, 6) is 0.791. The molecule has 1 aliphatic heterocycles. The van der Waals surface area contributed by atoms with Crippen LogP contribution >= 0.6 is 0 Å². The Balaban J connectivity index is 2.22. The summed E-state index contributed by atoms with van der Waals surface area (Å²) in [5.41, 5.74) is -0.210. The zero-order valence-electron chi connectivity index (χ0n) is 21.5. The van der Waals surface area contributed by atoms with Crippen molar-refractivity contribution in [1.82, 2.24) is 9.80 Å². The maximum atomic E-state index is 13.5. The third-order valence-electron chi connectivity index (χ3n) is 5.57. The van der Waals surface area contributed by atoms with E-state index in [0.717, 1.165) is 0 Å². The fourth-order valence-corrected chi connectivity index (χ4v) is 3.81. The molecule has 9 nitrogen and oxygen atoms in total. The summed E-state index contributed by atoms with van der Waals surface area (Å²) in [6.45, 7) is 10.8. The van der Waals surface area contributed by atoms with E-state index in [-0.39, 0.29) is 18.5 Å². The molecule has 0 aliphatic carbocycles. The highest BCUT2D eigenvalue weighted by Gasteiger charge is 2.40. The van der Waals surface area contributed by atoms with Crippen molar-refractivity contribution in [2.24, 2.45) is 0 Å². The molecule has 1 N–H and O–H groups in total. The summed E-state index contributed by atoms with van der Waals surface area (Å²) in [7, 11) is 3.18. The number of likely N-dealkylation sites (tertiary alicyclic amines) is 1. The van der Waals surface area contributed by atoms with Crippen LogP contribution in [0, 0.1) is 0 Å². The van der Waals surface area contributed by atoms with Gasteiger partial charge in [-0.25, -0.2) is 4.79 Å². The average Bonchev–Trinajstić information content (AvgIpc) is 3.13. The van der Waals surface area contributed by atoms with Crippen LogP contribution in [0.3, 0.4) is 0 Å². The lowest BCUT2D eigenvalue weighted by Gasteiger charge is -2.35. The van der Waals surface area contributed by atoms with Crippen molar-refractivity contribution in [3.05, 3.63) is 23.8 Å². The number of rotatable bonds is 10. The van der Waals surface area contributed by atoms with Crippen LogP contribution in [0.5, 0.6) is 11.5 Å². The molecular weight excluding hydrogens is 440 g/mol. The van der Waals surface area contributed by atoms with E-state index in [1.807, 2.05) is 13.8 Å². The minimum atomic E-state index is -0.739. The van der Waals surface area contributed by atoms with E-state index in [4.69, 9.17) is 18.9 Å². The molecule has 1 aromatic rings. The van der Waals surface area contributed by atoms with Gasteiger partial charge < -0.3 is 33.9 Å². The van der Waals surface area contributed by atoms with E-state index in [9.17, 15) is 14.7 Å². The van der Waals surface area contributed by atoms with Crippen LogP contribution in [0.15, 0.2) is 18.2 Å². The minimum absolute atomic E-state index is 0.158. The first kappa shape index (κ1) is 27.7. The molecule has 0 bridgehead atoms. The maximum absolute atomic E-state index is 13.5. The van der Waals surface area contributed by atoms with Gasteiger partial charge in [0.15, 0.2) is 11.5 Å². The van der Waals surface area contributed by atoms with Gasteiger partial charge in [0.1, 0.15) is 5.60 Å². The SMILES string of the molecule is COCCCOc1cc(C(=O)N(CC2[C@@H](O)CCN2C(=O)OC(C)(C)C)C(C)C)ccc1OC. The van der Waals surface area contributed by atoms with Crippen LogP contribution in [0.2, 0.25) is 0 Å².